The average molecular weight is 858 g/mol. The highest BCUT2D eigenvalue weighted by Gasteiger charge is 2.70. The van der Waals surface area contributed by atoms with Crippen molar-refractivity contribution in [2.75, 3.05) is 0 Å². The van der Waals surface area contributed by atoms with E-state index in [1.807, 2.05) is 0 Å². The normalized spacial score (nSPS) is 48.8. The highest BCUT2D eigenvalue weighted by molar-refractivity contribution is 9.40. The molecule has 0 saturated heterocycles. The molecule has 2 N–H and O–H groups in total. The third-order valence-electron chi connectivity index (χ3n) is 10.5. The highest BCUT2D eigenvalue weighted by atomic mass is 80.0. The van der Waals surface area contributed by atoms with Gasteiger partial charge in [-0.1, -0.05) is 0 Å². The van der Waals surface area contributed by atoms with Crippen LogP contribution in [0.1, 0.15) is 77.0 Å². The molecule has 34 heavy (non-hydrogen) atoms. The number of amides is 2. The van der Waals surface area contributed by atoms with Gasteiger partial charge in [0.05, 0.1) is 0 Å². The molecule has 8 rings (SSSR count). The van der Waals surface area contributed by atoms with Crippen LogP contribution in [0.5, 0.6) is 0 Å². The molecule has 10 heteroatoms. The molecule has 0 aromatic heterocycles. The molecular formula is C24H30Br6N2O2. The first-order valence-electron chi connectivity index (χ1n) is 12.4. The van der Waals surface area contributed by atoms with Crippen LogP contribution >= 0.6 is 95.6 Å². The van der Waals surface area contributed by atoms with Crippen LogP contribution in [0.3, 0.4) is 0 Å². The molecule has 8 aliphatic rings. The first kappa shape index (κ1) is 26.1. The lowest BCUT2D eigenvalue weighted by atomic mass is 9.33. The van der Waals surface area contributed by atoms with Gasteiger partial charge in [-0.3, -0.25) is 9.59 Å². The predicted molar refractivity (Wildman–Crippen MR) is 155 cm³/mol. The molecule has 190 valence electrons. The van der Waals surface area contributed by atoms with E-state index in [2.05, 4.69) is 106 Å². The zero-order valence-electron chi connectivity index (χ0n) is 18.9. The Balaban J connectivity index is 1.34. The minimum Gasteiger partial charge on any atom is -0.348 e. The Bertz CT molecular complexity index is 825. The van der Waals surface area contributed by atoms with E-state index >= 15 is 0 Å². The molecule has 0 aromatic carbocycles. The van der Waals surface area contributed by atoms with Gasteiger partial charge in [-0.05, 0) is 207 Å². The van der Waals surface area contributed by atoms with Gasteiger partial charge in [0.15, 0.2) is 0 Å². The van der Waals surface area contributed by atoms with E-state index in [0.717, 1.165) is 38.5 Å². The molecule has 0 radical (unpaired) electrons. The van der Waals surface area contributed by atoms with Gasteiger partial charge >= 0.3 is 0 Å². The molecule has 0 heterocycles. The fourth-order valence-corrected chi connectivity index (χ4v) is 11.3. The van der Waals surface area contributed by atoms with E-state index in [1.165, 1.54) is 38.5 Å². The molecule has 4 atom stereocenters. The summed E-state index contributed by atoms with van der Waals surface area (Å²) in [5, 5.41) is 7.03. The molecule has 0 aromatic rings. The summed E-state index contributed by atoms with van der Waals surface area (Å²) in [5.74, 6) is 2.77. The molecular weight excluding hydrogens is 828 g/mol. The number of halogens is 6. The maximum atomic E-state index is 13.1. The molecule has 2 amide bonds. The summed E-state index contributed by atoms with van der Waals surface area (Å²) in [4.78, 5) is 26.1. The smallest absolute Gasteiger partial charge is 0.259 e. The van der Waals surface area contributed by atoms with E-state index in [-0.39, 0.29) is 33.7 Å². The molecule has 4 nitrogen and oxygen atoms in total. The van der Waals surface area contributed by atoms with Gasteiger partial charge in [0.2, 0.25) is 4.29 Å². The minimum atomic E-state index is -0.911. The van der Waals surface area contributed by atoms with Crippen molar-refractivity contribution in [3.05, 3.63) is 0 Å². The number of hydrogen-bond donors (Lipinski definition) is 2. The van der Waals surface area contributed by atoms with Gasteiger partial charge in [0.1, 0.15) is 0 Å². The lowest BCUT2D eigenvalue weighted by molar-refractivity contribution is -0.216. The third-order valence-corrected chi connectivity index (χ3v) is 12.7. The highest BCUT2D eigenvalue weighted by Crippen LogP contribution is 2.76. The molecule has 8 aliphatic carbocycles. The molecule has 8 bridgehead atoms. The van der Waals surface area contributed by atoms with Gasteiger partial charge in [-0.15, -0.1) is 0 Å². The third kappa shape index (κ3) is 4.23. The van der Waals surface area contributed by atoms with Gasteiger partial charge < -0.3 is 10.6 Å². The van der Waals surface area contributed by atoms with Crippen molar-refractivity contribution in [3.63, 3.8) is 0 Å². The predicted octanol–water partition coefficient (Wildman–Crippen LogP) is 7.57. The standard InChI is InChI=1S/C24H30Br6N2O2/c25-23(26,27)17(33)31-21-7-13-1-14(8-21)4-19(3-13,11-21)20-5-15-2-16(6-20)10-22(9-15,12-20)32-18(34)24(28,29)30/h13-16H,1-12H2,(H,31,33)(H,32,34). The van der Waals surface area contributed by atoms with Crippen LogP contribution in [0.15, 0.2) is 0 Å². The molecule has 4 unspecified atom stereocenters. The van der Waals surface area contributed by atoms with E-state index in [0.29, 0.717) is 23.7 Å². The summed E-state index contributed by atoms with van der Waals surface area (Å²) in [6, 6.07) is 0. The Morgan fingerprint density at radius 3 is 1.12 bits per heavy atom. The van der Waals surface area contributed by atoms with Gasteiger partial charge in [-0.25, -0.2) is 0 Å². The molecule has 8 saturated carbocycles. The van der Waals surface area contributed by atoms with Crippen molar-refractivity contribution >= 4 is 107 Å². The second-order valence-electron chi connectivity index (χ2n) is 12.9. The number of alkyl halides is 6. The van der Waals surface area contributed by atoms with Crippen LogP contribution < -0.4 is 10.6 Å². The van der Waals surface area contributed by atoms with Crippen LogP contribution in [0.25, 0.3) is 0 Å². The first-order valence-corrected chi connectivity index (χ1v) is 17.2. The van der Waals surface area contributed by atoms with E-state index in [4.69, 9.17) is 0 Å². The van der Waals surface area contributed by atoms with E-state index in [1.54, 1.807) is 0 Å². The van der Waals surface area contributed by atoms with Crippen LogP contribution in [0.4, 0.5) is 0 Å². The summed E-state index contributed by atoms with van der Waals surface area (Å²) >= 11 is 20.7. The second-order valence-corrected chi connectivity index (χ2v) is 26.5. The second kappa shape index (κ2) is 8.17. The number of nitrogens with one attached hydrogen (secondary N) is 2. The first-order chi connectivity index (χ1) is 15.6. The SMILES string of the molecule is O=C(NC12CC3CC(C1)CC(C14CC5CC(CC(NC(=O)C(Br)(Br)Br)(C5)C1)C4)(C3)C2)C(Br)(Br)Br. The number of carbonyl (C=O) groups excluding carboxylic acids is 2. The number of hydrogen-bond acceptors (Lipinski definition) is 2. The monoisotopic (exact) mass is 852 g/mol. The quantitative estimate of drug-likeness (QED) is 0.288. The Hall–Kier alpha value is 1.82. The molecule has 8 fully saturated rings. The van der Waals surface area contributed by atoms with Crippen molar-refractivity contribution in [2.45, 2.75) is 92.4 Å². The van der Waals surface area contributed by atoms with Crippen molar-refractivity contribution in [3.8, 4) is 0 Å². The Labute approximate surface area is 252 Å². The zero-order chi connectivity index (χ0) is 24.4. The van der Waals surface area contributed by atoms with Crippen LogP contribution in [0.2, 0.25) is 0 Å². The maximum Gasteiger partial charge on any atom is 0.259 e. The van der Waals surface area contributed by atoms with Crippen molar-refractivity contribution in [2.24, 2.45) is 34.5 Å². The van der Waals surface area contributed by atoms with Crippen LogP contribution in [0, 0.1) is 34.5 Å². The van der Waals surface area contributed by atoms with Gasteiger partial charge in [-0.2, -0.15) is 0 Å². The zero-order valence-corrected chi connectivity index (χ0v) is 28.4. The largest absolute Gasteiger partial charge is 0.348 e. The lowest BCUT2D eigenvalue weighted by Crippen LogP contribution is -2.72. The number of rotatable bonds is 3. The van der Waals surface area contributed by atoms with Crippen molar-refractivity contribution in [1.82, 2.24) is 10.6 Å². The van der Waals surface area contributed by atoms with Crippen molar-refractivity contribution in [1.29, 1.82) is 0 Å². The summed E-state index contributed by atoms with van der Waals surface area (Å²) in [6.07, 6.45) is 14.6. The van der Waals surface area contributed by atoms with Crippen molar-refractivity contribution < 1.29 is 9.59 Å². The maximum absolute atomic E-state index is 13.1. The minimum absolute atomic E-state index is 0.0258. The molecule has 0 spiro atoms. The van der Waals surface area contributed by atoms with Crippen LogP contribution in [-0.2, 0) is 9.59 Å². The Morgan fingerprint density at radius 1 is 0.559 bits per heavy atom. The van der Waals surface area contributed by atoms with Crippen LogP contribution in [-0.4, -0.2) is 27.2 Å². The Morgan fingerprint density at radius 2 is 0.853 bits per heavy atom. The average Bonchev–Trinajstić information content (AvgIpc) is 2.63. The Kier molecular flexibility index (Phi) is 6.26. The summed E-state index contributed by atoms with van der Waals surface area (Å²) in [6.45, 7) is 0. The van der Waals surface area contributed by atoms with E-state index < -0.39 is 4.29 Å². The summed E-state index contributed by atoms with van der Waals surface area (Å²) < 4.78 is -1.82. The summed E-state index contributed by atoms with van der Waals surface area (Å²) in [5.41, 5.74) is 0.358. The van der Waals surface area contributed by atoms with E-state index in [9.17, 15) is 9.59 Å². The number of carbonyl (C=O) groups is 2. The topological polar surface area (TPSA) is 58.2 Å². The van der Waals surface area contributed by atoms with Gasteiger partial charge in [0.25, 0.3) is 11.8 Å². The summed E-state index contributed by atoms with van der Waals surface area (Å²) in [7, 11) is 0. The molecule has 0 aliphatic heterocycles. The van der Waals surface area contributed by atoms with Gasteiger partial charge in [0, 0.05) is 11.1 Å². The fraction of sp³-hybridized carbons (Fsp3) is 0.917. The fourth-order valence-electron chi connectivity index (χ4n) is 10.7. The lowest BCUT2D eigenvalue weighted by Gasteiger charge is -2.74.